The Morgan fingerprint density at radius 2 is 1.91 bits per heavy atom. The number of piperidine rings is 1. The first-order valence-electron chi connectivity index (χ1n) is 8.66. The fraction of sp³-hybridized carbons (Fsp3) is 0.611. The number of nitrogens with zero attached hydrogens (tertiary/aromatic N) is 2. The van der Waals surface area contributed by atoms with Gasteiger partial charge in [0.05, 0.1) is 6.42 Å². The predicted molar refractivity (Wildman–Crippen MR) is 93.8 cm³/mol. The largest absolute Gasteiger partial charge is 0.340 e. The summed E-state index contributed by atoms with van der Waals surface area (Å²) < 4.78 is 0. The normalized spacial score (nSPS) is 20.7. The molecule has 1 aromatic carbocycles. The average molecular weight is 336 g/mol. The number of nitrogens with one attached hydrogen (secondary N) is 1. The minimum Gasteiger partial charge on any atom is -0.340 e. The summed E-state index contributed by atoms with van der Waals surface area (Å²) in [7, 11) is 0. The van der Waals surface area contributed by atoms with Gasteiger partial charge in [0.1, 0.15) is 0 Å². The molecular weight excluding hydrogens is 310 g/mol. The molecule has 1 amide bonds. The van der Waals surface area contributed by atoms with Crippen molar-refractivity contribution >= 4 is 17.5 Å². The van der Waals surface area contributed by atoms with E-state index in [-0.39, 0.29) is 5.91 Å². The molecule has 5 heteroatoms. The number of amides is 1. The van der Waals surface area contributed by atoms with Crippen molar-refractivity contribution in [2.24, 2.45) is 5.92 Å². The van der Waals surface area contributed by atoms with E-state index in [0.717, 1.165) is 50.7 Å². The molecule has 0 spiro atoms. The Labute approximate surface area is 143 Å². The van der Waals surface area contributed by atoms with Crippen molar-refractivity contribution in [1.82, 2.24) is 15.1 Å². The van der Waals surface area contributed by atoms with Crippen LogP contribution >= 0.6 is 11.6 Å². The van der Waals surface area contributed by atoms with Gasteiger partial charge in [0.25, 0.3) is 0 Å². The molecule has 2 heterocycles. The van der Waals surface area contributed by atoms with Gasteiger partial charge in [-0.2, -0.15) is 0 Å². The fourth-order valence-electron chi connectivity index (χ4n) is 3.54. The Bertz CT molecular complexity index is 523. The highest BCUT2D eigenvalue weighted by Crippen LogP contribution is 2.16. The summed E-state index contributed by atoms with van der Waals surface area (Å²) in [4.78, 5) is 17.0. The highest BCUT2D eigenvalue weighted by Gasteiger charge is 2.23. The van der Waals surface area contributed by atoms with E-state index in [2.05, 4.69) is 10.2 Å². The molecule has 23 heavy (non-hydrogen) atoms. The third-order valence-corrected chi connectivity index (χ3v) is 5.18. The van der Waals surface area contributed by atoms with Crippen LogP contribution in [0.25, 0.3) is 0 Å². The number of rotatable bonds is 4. The maximum Gasteiger partial charge on any atom is 0.227 e. The van der Waals surface area contributed by atoms with Crippen LogP contribution in [0.5, 0.6) is 0 Å². The molecule has 0 atom stereocenters. The number of hydrogen-bond acceptors (Lipinski definition) is 3. The summed E-state index contributed by atoms with van der Waals surface area (Å²) in [5.41, 5.74) is 1.000. The van der Waals surface area contributed by atoms with Gasteiger partial charge in [-0.05, 0) is 49.5 Å². The van der Waals surface area contributed by atoms with E-state index < -0.39 is 0 Å². The van der Waals surface area contributed by atoms with Crippen LogP contribution in [0.4, 0.5) is 0 Å². The van der Waals surface area contributed by atoms with Crippen molar-refractivity contribution in [3.8, 4) is 0 Å². The van der Waals surface area contributed by atoms with Crippen molar-refractivity contribution in [1.29, 1.82) is 0 Å². The van der Waals surface area contributed by atoms with E-state index >= 15 is 0 Å². The van der Waals surface area contributed by atoms with E-state index in [0.29, 0.717) is 11.4 Å². The van der Waals surface area contributed by atoms with Gasteiger partial charge >= 0.3 is 0 Å². The fourth-order valence-corrected chi connectivity index (χ4v) is 3.76. The second-order valence-electron chi connectivity index (χ2n) is 6.68. The number of carbonyl (C=O) groups is 1. The summed E-state index contributed by atoms with van der Waals surface area (Å²) in [6.07, 6.45) is 3.02. The average Bonchev–Trinajstić information content (AvgIpc) is 2.56. The van der Waals surface area contributed by atoms with Gasteiger partial charge in [-0.25, -0.2) is 0 Å². The number of carbonyl (C=O) groups excluding carboxylic acids is 1. The van der Waals surface area contributed by atoms with Gasteiger partial charge in [-0.3, -0.25) is 9.69 Å². The number of halogens is 1. The van der Waals surface area contributed by atoms with Crippen LogP contribution in [0.1, 0.15) is 18.4 Å². The van der Waals surface area contributed by atoms with Crippen LogP contribution in [0.2, 0.25) is 5.02 Å². The quantitative estimate of drug-likeness (QED) is 0.914. The van der Waals surface area contributed by atoms with Crippen LogP contribution in [0, 0.1) is 5.92 Å². The highest BCUT2D eigenvalue weighted by atomic mass is 35.5. The molecule has 0 bridgehead atoms. The minimum atomic E-state index is 0.216. The topological polar surface area (TPSA) is 35.6 Å². The standard InChI is InChI=1S/C18H26ClN3O/c19-17-3-1-2-16(12-17)13-18(23)22-10-8-21(9-11-22)14-15-4-6-20-7-5-15/h1-3,12,15,20H,4-11,13-14H2. The molecule has 0 aliphatic carbocycles. The summed E-state index contributed by atoms with van der Waals surface area (Å²) in [5.74, 6) is 1.04. The molecule has 0 radical (unpaired) electrons. The van der Waals surface area contributed by atoms with Gasteiger partial charge < -0.3 is 10.2 Å². The number of hydrogen-bond donors (Lipinski definition) is 1. The van der Waals surface area contributed by atoms with Crippen LogP contribution in [-0.4, -0.2) is 61.5 Å². The van der Waals surface area contributed by atoms with Crippen LogP contribution in [-0.2, 0) is 11.2 Å². The maximum absolute atomic E-state index is 12.4. The van der Waals surface area contributed by atoms with Crippen molar-refractivity contribution in [3.05, 3.63) is 34.9 Å². The summed E-state index contributed by atoms with van der Waals surface area (Å²) in [6, 6.07) is 7.60. The molecule has 2 aliphatic rings. The Balaban J connectivity index is 1.43. The van der Waals surface area contributed by atoms with Crippen LogP contribution in [0.15, 0.2) is 24.3 Å². The molecule has 1 N–H and O–H groups in total. The van der Waals surface area contributed by atoms with Crippen molar-refractivity contribution in [3.63, 3.8) is 0 Å². The summed E-state index contributed by atoms with van der Waals surface area (Å²) >= 11 is 5.99. The number of piperazine rings is 1. The molecule has 0 unspecified atom stereocenters. The van der Waals surface area contributed by atoms with Gasteiger partial charge in [0.2, 0.25) is 5.91 Å². The maximum atomic E-state index is 12.4. The molecule has 1 aromatic rings. The lowest BCUT2D eigenvalue weighted by Gasteiger charge is -2.37. The van der Waals surface area contributed by atoms with Gasteiger partial charge in [-0.1, -0.05) is 23.7 Å². The molecule has 126 valence electrons. The lowest BCUT2D eigenvalue weighted by atomic mass is 9.97. The first-order chi connectivity index (χ1) is 11.2. The van der Waals surface area contributed by atoms with Crippen molar-refractivity contribution in [2.45, 2.75) is 19.3 Å². The van der Waals surface area contributed by atoms with Gasteiger partial charge in [-0.15, -0.1) is 0 Å². The molecule has 2 aliphatic heterocycles. The molecule has 3 rings (SSSR count). The summed E-state index contributed by atoms with van der Waals surface area (Å²) in [5, 5.41) is 4.12. The Hall–Kier alpha value is -1.10. The minimum absolute atomic E-state index is 0.216. The summed E-state index contributed by atoms with van der Waals surface area (Å²) in [6.45, 7) is 7.22. The second-order valence-corrected chi connectivity index (χ2v) is 7.12. The van der Waals surface area contributed by atoms with Gasteiger partial charge in [0, 0.05) is 37.7 Å². The Morgan fingerprint density at radius 1 is 1.17 bits per heavy atom. The predicted octanol–water partition coefficient (Wildman–Crippen LogP) is 2.03. The molecule has 0 saturated carbocycles. The first-order valence-corrected chi connectivity index (χ1v) is 9.04. The zero-order valence-electron chi connectivity index (χ0n) is 13.6. The highest BCUT2D eigenvalue weighted by molar-refractivity contribution is 6.30. The second kappa shape index (κ2) is 8.13. The van der Waals surface area contributed by atoms with Crippen LogP contribution < -0.4 is 5.32 Å². The number of benzene rings is 1. The van der Waals surface area contributed by atoms with Crippen molar-refractivity contribution < 1.29 is 4.79 Å². The monoisotopic (exact) mass is 335 g/mol. The first kappa shape index (κ1) is 16.7. The molecule has 0 aromatic heterocycles. The SMILES string of the molecule is O=C(Cc1cccc(Cl)c1)N1CCN(CC2CCNCC2)CC1. The zero-order valence-corrected chi connectivity index (χ0v) is 14.4. The van der Waals surface area contributed by atoms with E-state index in [4.69, 9.17) is 11.6 Å². The van der Waals surface area contributed by atoms with E-state index in [1.54, 1.807) is 0 Å². The molecule has 2 saturated heterocycles. The lowest BCUT2D eigenvalue weighted by molar-refractivity contribution is -0.132. The molecular formula is C18H26ClN3O. The Morgan fingerprint density at radius 3 is 2.61 bits per heavy atom. The van der Waals surface area contributed by atoms with Gasteiger partial charge in [0.15, 0.2) is 0 Å². The third kappa shape index (κ3) is 4.93. The van der Waals surface area contributed by atoms with Crippen molar-refractivity contribution in [2.75, 3.05) is 45.8 Å². The van der Waals surface area contributed by atoms with E-state index in [1.165, 1.54) is 19.4 Å². The van der Waals surface area contributed by atoms with Crippen LogP contribution in [0.3, 0.4) is 0 Å². The molecule has 4 nitrogen and oxygen atoms in total. The smallest absolute Gasteiger partial charge is 0.227 e. The zero-order chi connectivity index (χ0) is 16.1. The third-order valence-electron chi connectivity index (χ3n) is 4.94. The molecule has 2 fully saturated rings. The van der Waals surface area contributed by atoms with E-state index in [9.17, 15) is 4.79 Å². The Kier molecular flexibility index (Phi) is 5.92. The lowest BCUT2D eigenvalue weighted by Crippen LogP contribution is -2.50. The van der Waals surface area contributed by atoms with E-state index in [1.807, 2.05) is 29.2 Å².